The second-order valence-corrected chi connectivity index (χ2v) is 5.59. The van der Waals surface area contributed by atoms with Crippen LogP contribution >= 0.6 is 0 Å². The molecule has 2 rings (SSSR count). The second kappa shape index (κ2) is 7.16. The third kappa shape index (κ3) is 4.52. The first-order chi connectivity index (χ1) is 10.1. The molecule has 0 saturated carbocycles. The van der Waals surface area contributed by atoms with Crippen molar-refractivity contribution in [2.75, 3.05) is 13.2 Å². The number of hydrogen-bond donors (Lipinski definition) is 0. The van der Waals surface area contributed by atoms with Gasteiger partial charge in [-0.3, -0.25) is 0 Å². The Morgan fingerprint density at radius 2 is 1.10 bits per heavy atom. The Bertz CT molecular complexity index is 549. The average Bonchev–Trinajstić information content (AvgIpc) is 2.45. The maximum Gasteiger partial charge on any atom is 0.122 e. The molecule has 0 fully saturated rings. The summed E-state index contributed by atoms with van der Waals surface area (Å²) in [6, 6.07) is 12.6. The molecule has 2 aromatic rings. The van der Waals surface area contributed by atoms with Crippen molar-refractivity contribution in [3.63, 3.8) is 0 Å². The van der Waals surface area contributed by atoms with Gasteiger partial charge in [0.1, 0.15) is 11.5 Å². The van der Waals surface area contributed by atoms with Crippen molar-refractivity contribution in [2.45, 2.75) is 34.1 Å². The molecule has 0 aliphatic carbocycles. The number of hydrogen-bond acceptors (Lipinski definition) is 2. The lowest BCUT2D eigenvalue weighted by molar-refractivity contribution is 0.245. The normalized spacial score (nSPS) is 10.5. The van der Waals surface area contributed by atoms with Crippen LogP contribution < -0.4 is 9.47 Å². The summed E-state index contributed by atoms with van der Waals surface area (Å²) in [6.45, 7) is 9.65. The van der Waals surface area contributed by atoms with E-state index in [1.807, 2.05) is 0 Å². The first-order valence-electron chi connectivity index (χ1n) is 7.46. The Labute approximate surface area is 127 Å². The molecule has 0 aromatic heterocycles. The van der Waals surface area contributed by atoms with Crippen molar-refractivity contribution in [2.24, 2.45) is 0 Å². The molecule has 2 heteroatoms. The van der Waals surface area contributed by atoms with Gasteiger partial charge in [0.2, 0.25) is 0 Å². The van der Waals surface area contributed by atoms with Crippen LogP contribution in [0.25, 0.3) is 0 Å². The summed E-state index contributed by atoms with van der Waals surface area (Å²) in [6.07, 6.45) is 0.876. The van der Waals surface area contributed by atoms with Gasteiger partial charge >= 0.3 is 0 Å². The van der Waals surface area contributed by atoms with Gasteiger partial charge in [-0.1, -0.05) is 24.3 Å². The van der Waals surface area contributed by atoms with Crippen LogP contribution in [-0.4, -0.2) is 13.2 Å². The highest BCUT2D eigenvalue weighted by atomic mass is 16.5. The van der Waals surface area contributed by atoms with Gasteiger partial charge in [0.05, 0.1) is 13.2 Å². The number of aryl methyl sites for hydroxylation is 4. The molecule has 112 valence electrons. The van der Waals surface area contributed by atoms with Crippen LogP contribution in [-0.2, 0) is 0 Å². The zero-order valence-electron chi connectivity index (χ0n) is 13.4. The minimum Gasteiger partial charge on any atom is -0.493 e. The summed E-state index contributed by atoms with van der Waals surface area (Å²) in [5.74, 6) is 1.95. The third-order valence-corrected chi connectivity index (χ3v) is 3.49. The Balaban J connectivity index is 1.77. The SMILES string of the molecule is Cc1ccc(C)c(OCCCOc2cc(C)ccc2C)c1. The second-order valence-electron chi connectivity index (χ2n) is 5.59. The predicted molar refractivity (Wildman–Crippen MR) is 87.4 cm³/mol. The highest BCUT2D eigenvalue weighted by molar-refractivity contribution is 5.36. The van der Waals surface area contributed by atoms with Gasteiger partial charge in [0.25, 0.3) is 0 Å². The lowest BCUT2D eigenvalue weighted by Gasteiger charge is -2.12. The summed E-state index contributed by atoms with van der Waals surface area (Å²) in [5.41, 5.74) is 4.80. The molecule has 0 radical (unpaired) electrons. The lowest BCUT2D eigenvalue weighted by Crippen LogP contribution is -2.06. The Morgan fingerprint density at radius 3 is 1.52 bits per heavy atom. The summed E-state index contributed by atoms with van der Waals surface area (Å²) in [5, 5.41) is 0. The summed E-state index contributed by atoms with van der Waals surface area (Å²) >= 11 is 0. The van der Waals surface area contributed by atoms with E-state index in [2.05, 4.69) is 64.1 Å². The van der Waals surface area contributed by atoms with E-state index in [1.165, 1.54) is 22.3 Å². The minimum absolute atomic E-state index is 0.676. The Morgan fingerprint density at radius 1 is 0.667 bits per heavy atom. The topological polar surface area (TPSA) is 18.5 Å². The standard InChI is InChI=1S/C19H24O2/c1-14-6-8-16(3)18(12-14)20-10-5-11-21-19-13-15(2)7-9-17(19)4/h6-9,12-13H,5,10-11H2,1-4H3. The molecule has 0 saturated heterocycles. The average molecular weight is 284 g/mol. The van der Waals surface area contributed by atoms with E-state index >= 15 is 0 Å². The van der Waals surface area contributed by atoms with E-state index in [-0.39, 0.29) is 0 Å². The fourth-order valence-corrected chi connectivity index (χ4v) is 2.15. The van der Waals surface area contributed by atoms with Crippen molar-refractivity contribution < 1.29 is 9.47 Å². The highest BCUT2D eigenvalue weighted by Crippen LogP contribution is 2.20. The van der Waals surface area contributed by atoms with Crippen LogP contribution in [0.2, 0.25) is 0 Å². The van der Waals surface area contributed by atoms with Crippen molar-refractivity contribution in [3.05, 3.63) is 58.7 Å². The number of rotatable bonds is 6. The van der Waals surface area contributed by atoms with E-state index in [0.29, 0.717) is 13.2 Å². The van der Waals surface area contributed by atoms with Crippen LogP contribution in [0.4, 0.5) is 0 Å². The Hall–Kier alpha value is -1.96. The van der Waals surface area contributed by atoms with E-state index in [4.69, 9.17) is 9.47 Å². The molecule has 2 aromatic carbocycles. The maximum atomic E-state index is 5.83. The molecule has 0 spiro atoms. The molecular formula is C19H24O2. The third-order valence-electron chi connectivity index (χ3n) is 3.49. The van der Waals surface area contributed by atoms with Gasteiger partial charge in [0, 0.05) is 6.42 Å². The molecule has 0 unspecified atom stereocenters. The zero-order chi connectivity index (χ0) is 15.2. The molecular weight excluding hydrogens is 260 g/mol. The lowest BCUT2D eigenvalue weighted by atomic mass is 10.1. The van der Waals surface area contributed by atoms with Crippen LogP contribution in [0.3, 0.4) is 0 Å². The van der Waals surface area contributed by atoms with Crippen molar-refractivity contribution in [1.82, 2.24) is 0 Å². The molecule has 0 bridgehead atoms. The van der Waals surface area contributed by atoms with Gasteiger partial charge in [-0.05, 0) is 62.1 Å². The number of ether oxygens (including phenoxy) is 2. The smallest absolute Gasteiger partial charge is 0.122 e. The Kier molecular flexibility index (Phi) is 5.26. The quantitative estimate of drug-likeness (QED) is 0.711. The molecule has 0 aliphatic heterocycles. The minimum atomic E-state index is 0.676. The van der Waals surface area contributed by atoms with E-state index in [9.17, 15) is 0 Å². The fourth-order valence-electron chi connectivity index (χ4n) is 2.15. The molecule has 0 aliphatic rings. The van der Waals surface area contributed by atoms with Crippen LogP contribution in [0.1, 0.15) is 28.7 Å². The molecule has 21 heavy (non-hydrogen) atoms. The van der Waals surface area contributed by atoms with Gasteiger partial charge in [0.15, 0.2) is 0 Å². The summed E-state index contributed by atoms with van der Waals surface area (Å²) in [7, 11) is 0. The van der Waals surface area contributed by atoms with Gasteiger partial charge < -0.3 is 9.47 Å². The van der Waals surface area contributed by atoms with Crippen LogP contribution in [0, 0.1) is 27.7 Å². The maximum absolute atomic E-state index is 5.83. The van der Waals surface area contributed by atoms with E-state index in [1.54, 1.807) is 0 Å². The van der Waals surface area contributed by atoms with Gasteiger partial charge in [-0.15, -0.1) is 0 Å². The molecule has 2 nitrogen and oxygen atoms in total. The van der Waals surface area contributed by atoms with E-state index < -0.39 is 0 Å². The predicted octanol–water partition coefficient (Wildman–Crippen LogP) is 4.77. The van der Waals surface area contributed by atoms with Crippen LogP contribution in [0.15, 0.2) is 36.4 Å². The summed E-state index contributed by atoms with van der Waals surface area (Å²) in [4.78, 5) is 0. The van der Waals surface area contributed by atoms with Crippen molar-refractivity contribution in [1.29, 1.82) is 0 Å². The molecule has 0 atom stereocenters. The fraction of sp³-hybridized carbons (Fsp3) is 0.368. The molecule has 0 heterocycles. The highest BCUT2D eigenvalue weighted by Gasteiger charge is 2.02. The first kappa shape index (κ1) is 15.4. The molecule has 0 N–H and O–H groups in total. The van der Waals surface area contributed by atoms with Gasteiger partial charge in [-0.25, -0.2) is 0 Å². The zero-order valence-corrected chi connectivity index (χ0v) is 13.4. The first-order valence-corrected chi connectivity index (χ1v) is 7.46. The summed E-state index contributed by atoms with van der Waals surface area (Å²) < 4.78 is 11.7. The van der Waals surface area contributed by atoms with E-state index in [0.717, 1.165) is 17.9 Å². The largest absolute Gasteiger partial charge is 0.493 e. The number of benzene rings is 2. The van der Waals surface area contributed by atoms with Gasteiger partial charge in [-0.2, -0.15) is 0 Å². The van der Waals surface area contributed by atoms with Crippen molar-refractivity contribution >= 4 is 0 Å². The van der Waals surface area contributed by atoms with Crippen molar-refractivity contribution in [3.8, 4) is 11.5 Å². The monoisotopic (exact) mass is 284 g/mol. The molecule has 0 amide bonds. The van der Waals surface area contributed by atoms with Crippen LogP contribution in [0.5, 0.6) is 11.5 Å².